The van der Waals surface area contributed by atoms with Gasteiger partial charge in [0.1, 0.15) is 11.3 Å². The summed E-state index contributed by atoms with van der Waals surface area (Å²) in [6.45, 7) is 0.0645. The number of hydrogen-bond acceptors (Lipinski definition) is 6. The van der Waals surface area contributed by atoms with E-state index in [0.717, 1.165) is 23.5 Å². The highest BCUT2D eigenvalue weighted by Crippen LogP contribution is 2.32. The van der Waals surface area contributed by atoms with Crippen LogP contribution < -0.4 is 4.90 Å². The number of hydrogen-bond donors (Lipinski definition) is 0. The Morgan fingerprint density at radius 3 is 2.52 bits per heavy atom. The fourth-order valence-electron chi connectivity index (χ4n) is 3.27. The van der Waals surface area contributed by atoms with Crippen molar-refractivity contribution in [2.24, 2.45) is 0 Å². The van der Waals surface area contributed by atoms with Gasteiger partial charge in [0.05, 0.1) is 27.6 Å². The van der Waals surface area contributed by atoms with Crippen LogP contribution in [0.3, 0.4) is 0 Å². The molecule has 0 N–H and O–H groups in total. The fourth-order valence-corrected chi connectivity index (χ4v) is 5.62. The number of aromatic nitrogens is 2. The number of carbonyl (C=O) groups excluding carboxylic acids is 1. The molecule has 0 fully saturated rings. The number of benzene rings is 2. The van der Waals surface area contributed by atoms with Crippen LogP contribution in [-0.4, -0.2) is 30.0 Å². The molecule has 0 radical (unpaired) electrons. The third-order valence-corrected chi connectivity index (χ3v) is 7.73. The number of sulfone groups is 1. The summed E-state index contributed by atoms with van der Waals surface area (Å²) in [7, 11) is -3.52. The minimum absolute atomic E-state index is 0.0260. The van der Waals surface area contributed by atoms with Crippen molar-refractivity contribution in [2.75, 3.05) is 10.7 Å². The van der Waals surface area contributed by atoms with E-state index < -0.39 is 21.5 Å². The topological polar surface area (TPSA) is 80.2 Å². The Hall–Kier alpha value is -3.24. The molecule has 33 heavy (non-hydrogen) atoms. The average molecular weight is 488 g/mol. The summed E-state index contributed by atoms with van der Waals surface area (Å²) >= 11 is 0.985. The average Bonchev–Trinajstić information content (AvgIpc) is 3.22. The van der Waals surface area contributed by atoms with Gasteiger partial charge in [0.15, 0.2) is 20.8 Å². The molecule has 2 aromatic heterocycles. The third kappa shape index (κ3) is 5.40. The van der Waals surface area contributed by atoms with Crippen molar-refractivity contribution in [3.05, 3.63) is 84.2 Å². The normalized spacial score (nSPS) is 11.6. The number of fused-ring (bicyclic) bond motifs is 1. The highest BCUT2D eigenvalue weighted by atomic mass is 32.2. The number of anilines is 1. The molecule has 10 heteroatoms. The minimum atomic E-state index is -3.52. The Morgan fingerprint density at radius 2 is 1.79 bits per heavy atom. The molecule has 0 unspecified atom stereocenters. The molecule has 0 atom stereocenters. The minimum Gasteiger partial charge on any atom is -0.282 e. The molecule has 0 aliphatic heterocycles. The van der Waals surface area contributed by atoms with Gasteiger partial charge in [0.25, 0.3) is 0 Å². The van der Waals surface area contributed by atoms with Crippen LogP contribution in [0.2, 0.25) is 0 Å². The van der Waals surface area contributed by atoms with Gasteiger partial charge in [-0.15, -0.1) is 0 Å². The number of pyridine rings is 1. The summed E-state index contributed by atoms with van der Waals surface area (Å²) in [5, 5.41) is 0.191. The summed E-state index contributed by atoms with van der Waals surface area (Å²) in [5.74, 6) is -2.13. The van der Waals surface area contributed by atoms with Gasteiger partial charge in [-0.05, 0) is 36.8 Å². The quantitative estimate of drug-likeness (QED) is 0.358. The first-order valence-electron chi connectivity index (χ1n) is 10.1. The Balaban J connectivity index is 1.56. The number of nitrogens with zero attached hydrogens (tertiary/aromatic N) is 3. The van der Waals surface area contributed by atoms with E-state index >= 15 is 0 Å². The van der Waals surface area contributed by atoms with Crippen LogP contribution in [-0.2, 0) is 21.2 Å². The van der Waals surface area contributed by atoms with Crippen molar-refractivity contribution in [1.29, 1.82) is 0 Å². The van der Waals surface area contributed by atoms with Gasteiger partial charge in [0.2, 0.25) is 5.91 Å². The first kappa shape index (κ1) is 22.9. The van der Waals surface area contributed by atoms with Crippen LogP contribution >= 0.6 is 11.3 Å². The Morgan fingerprint density at radius 1 is 1.03 bits per heavy atom. The second-order valence-electron chi connectivity index (χ2n) is 7.27. The molecule has 0 spiro atoms. The lowest BCUT2D eigenvalue weighted by molar-refractivity contribution is -0.118. The van der Waals surface area contributed by atoms with E-state index in [9.17, 15) is 22.0 Å². The maximum Gasteiger partial charge on any atom is 0.229 e. The van der Waals surface area contributed by atoms with Gasteiger partial charge in [-0.3, -0.25) is 14.7 Å². The largest absolute Gasteiger partial charge is 0.282 e. The van der Waals surface area contributed by atoms with E-state index in [0.29, 0.717) is 5.69 Å². The second-order valence-corrected chi connectivity index (χ2v) is 10.4. The molecule has 1 amide bonds. The molecular formula is C23H19F2N3O3S2. The zero-order valence-corrected chi connectivity index (χ0v) is 19.0. The molecule has 0 saturated heterocycles. The molecule has 4 rings (SSSR count). The zero-order valence-electron chi connectivity index (χ0n) is 17.3. The van der Waals surface area contributed by atoms with Crippen LogP contribution in [0, 0.1) is 11.6 Å². The first-order chi connectivity index (χ1) is 15.8. The van der Waals surface area contributed by atoms with Crippen LogP contribution in [0.15, 0.2) is 71.8 Å². The number of thiazole rings is 1. The molecule has 0 aliphatic carbocycles. The monoisotopic (exact) mass is 487 g/mol. The predicted molar refractivity (Wildman–Crippen MR) is 123 cm³/mol. The Bertz CT molecular complexity index is 1380. The highest BCUT2D eigenvalue weighted by molar-refractivity contribution is 7.91. The lowest BCUT2D eigenvalue weighted by Gasteiger charge is -2.19. The molecular weight excluding hydrogens is 468 g/mol. The van der Waals surface area contributed by atoms with Gasteiger partial charge in [-0.25, -0.2) is 22.2 Å². The van der Waals surface area contributed by atoms with Crippen LogP contribution in [0.1, 0.15) is 18.5 Å². The van der Waals surface area contributed by atoms with E-state index in [2.05, 4.69) is 9.97 Å². The lowest BCUT2D eigenvalue weighted by Crippen LogP contribution is -2.30. The van der Waals surface area contributed by atoms with Crippen molar-refractivity contribution >= 4 is 42.4 Å². The van der Waals surface area contributed by atoms with Crippen LogP contribution in [0.25, 0.3) is 10.2 Å². The summed E-state index contributed by atoms with van der Waals surface area (Å²) in [5.41, 5.74) is 0.551. The summed E-state index contributed by atoms with van der Waals surface area (Å²) < 4.78 is 53.1. The highest BCUT2D eigenvalue weighted by Gasteiger charge is 2.23. The lowest BCUT2D eigenvalue weighted by atomic mass is 10.2. The van der Waals surface area contributed by atoms with Crippen molar-refractivity contribution < 1.29 is 22.0 Å². The van der Waals surface area contributed by atoms with Crippen molar-refractivity contribution in [2.45, 2.75) is 24.3 Å². The molecule has 0 saturated carbocycles. The third-order valence-electron chi connectivity index (χ3n) is 4.89. The molecule has 6 nitrogen and oxygen atoms in total. The molecule has 4 aromatic rings. The maximum atomic E-state index is 14.2. The number of amides is 1. The second kappa shape index (κ2) is 9.72. The van der Waals surface area contributed by atoms with Crippen molar-refractivity contribution in [3.63, 3.8) is 0 Å². The van der Waals surface area contributed by atoms with Crippen LogP contribution in [0.5, 0.6) is 0 Å². The van der Waals surface area contributed by atoms with E-state index in [4.69, 9.17) is 0 Å². The van der Waals surface area contributed by atoms with Gasteiger partial charge in [-0.1, -0.05) is 35.6 Å². The van der Waals surface area contributed by atoms with E-state index in [1.54, 1.807) is 42.6 Å². The van der Waals surface area contributed by atoms with Crippen LogP contribution in [0.4, 0.5) is 13.9 Å². The number of carbonyl (C=O) groups is 1. The maximum absolute atomic E-state index is 14.2. The SMILES string of the molecule is O=C(CCCS(=O)(=O)c1ccccc1)N(Cc1ccccn1)c1nc2c(F)cc(F)cc2s1. The van der Waals surface area contributed by atoms with Gasteiger partial charge in [-0.2, -0.15) is 0 Å². The summed E-state index contributed by atoms with van der Waals surface area (Å²) in [4.78, 5) is 23.1. The van der Waals surface area contributed by atoms with E-state index in [-0.39, 0.29) is 51.3 Å². The molecule has 2 aromatic carbocycles. The number of rotatable bonds is 8. The Kier molecular flexibility index (Phi) is 6.75. The molecule has 170 valence electrons. The van der Waals surface area contributed by atoms with Gasteiger partial charge < -0.3 is 0 Å². The zero-order chi connectivity index (χ0) is 23.4. The predicted octanol–water partition coefficient (Wildman–Crippen LogP) is 4.76. The molecule has 2 heterocycles. The molecule has 0 aliphatic rings. The summed E-state index contributed by atoms with van der Waals surface area (Å²) in [6.07, 6.45) is 1.62. The van der Waals surface area contributed by atoms with E-state index in [1.165, 1.54) is 17.0 Å². The van der Waals surface area contributed by atoms with Gasteiger partial charge >= 0.3 is 0 Å². The summed E-state index contributed by atoms with van der Waals surface area (Å²) in [6, 6.07) is 15.2. The Labute approximate surface area is 193 Å². The molecule has 0 bridgehead atoms. The van der Waals surface area contributed by atoms with E-state index in [1.807, 2.05) is 0 Å². The standard InChI is InChI=1S/C23H19F2N3O3S2/c24-16-13-19(25)22-20(14-16)32-23(27-22)28(15-17-7-4-5-11-26-17)21(29)10-6-12-33(30,31)18-8-2-1-3-9-18/h1-5,7-9,11,13-14H,6,10,12,15H2. The fraction of sp³-hybridized carbons (Fsp3) is 0.174. The number of halogens is 2. The van der Waals surface area contributed by atoms with Gasteiger partial charge in [0, 0.05) is 18.7 Å². The first-order valence-corrected chi connectivity index (χ1v) is 12.5. The van der Waals surface area contributed by atoms with Crippen molar-refractivity contribution in [1.82, 2.24) is 9.97 Å². The smallest absolute Gasteiger partial charge is 0.229 e. The van der Waals surface area contributed by atoms with Crippen molar-refractivity contribution in [3.8, 4) is 0 Å².